The van der Waals surface area contributed by atoms with Crippen LogP contribution in [0.1, 0.15) is 31.2 Å². The number of rotatable bonds is 6. The summed E-state index contributed by atoms with van der Waals surface area (Å²) < 4.78 is 29.1. The predicted octanol–water partition coefficient (Wildman–Crippen LogP) is 4.99. The van der Waals surface area contributed by atoms with E-state index < -0.39 is 9.84 Å². The highest BCUT2D eigenvalue weighted by Gasteiger charge is 2.21. The quantitative estimate of drug-likeness (QED) is 0.477. The number of hydrogen-bond acceptors (Lipinski definition) is 6. The molecule has 1 fully saturated rings. The molecule has 1 atom stereocenters. The molecule has 4 rings (SSSR count). The number of sulfone groups is 1. The van der Waals surface area contributed by atoms with Crippen molar-refractivity contribution in [1.29, 1.82) is 0 Å². The highest BCUT2D eigenvalue weighted by atomic mass is 35.5. The first-order valence-corrected chi connectivity index (χ1v) is 12.2. The van der Waals surface area contributed by atoms with Gasteiger partial charge in [-0.15, -0.1) is 24.8 Å². The second-order valence-corrected chi connectivity index (χ2v) is 10.00. The molecule has 1 aromatic carbocycles. The summed E-state index contributed by atoms with van der Waals surface area (Å²) >= 11 is 0. The molecule has 9 heteroatoms. The molecule has 0 aliphatic carbocycles. The van der Waals surface area contributed by atoms with Gasteiger partial charge in [0.25, 0.3) is 0 Å². The molecule has 3 aromatic rings. The Morgan fingerprint density at radius 2 is 1.72 bits per heavy atom. The van der Waals surface area contributed by atoms with Crippen molar-refractivity contribution in [3.05, 3.63) is 54.0 Å². The fourth-order valence-electron chi connectivity index (χ4n) is 3.93. The highest BCUT2D eigenvalue weighted by molar-refractivity contribution is 7.90. The minimum Gasteiger partial charge on any atom is -0.441 e. The molecule has 3 heterocycles. The molecule has 0 radical (unpaired) electrons. The normalized spacial score (nSPS) is 16.4. The SMILES string of the molecule is Cc1oc(-c2ccc(-c3ccc(S(C)(=O)=O)nc3)cc2)nc1CCN1CCC[C@H]1C.Cl.Cl. The molecule has 6 nitrogen and oxygen atoms in total. The van der Waals surface area contributed by atoms with Gasteiger partial charge in [-0.1, -0.05) is 12.1 Å². The van der Waals surface area contributed by atoms with Crippen LogP contribution in [-0.2, 0) is 16.3 Å². The predicted molar refractivity (Wildman–Crippen MR) is 131 cm³/mol. The number of nitrogens with zero attached hydrogens (tertiary/aromatic N) is 3. The number of oxazole rings is 1. The fourth-order valence-corrected chi connectivity index (χ4v) is 4.49. The number of benzene rings is 1. The number of aromatic nitrogens is 2. The largest absolute Gasteiger partial charge is 0.441 e. The third-order valence-corrected chi connectivity index (χ3v) is 6.80. The van der Waals surface area contributed by atoms with Crippen LogP contribution in [0, 0.1) is 6.92 Å². The summed E-state index contributed by atoms with van der Waals surface area (Å²) in [6.07, 6.45) is 6.20. The molecule has 0 amide bonds. The summed E-state index contributed by atoms with van der Waals surface area (Å²) in [6.45, 7) is 6.46. The van der Waals surface area contributed by atoms with Gasteiger partial charge in [0.2, 0.25) is 5.89 Å². The van der Waals surface area contributed by atoms with Gasteiger partial charge in [-0.2, -0.15) is 0 Å². The van der Waals surface area contributed by atoms with E-state index in [1.54, 1.807) is 12.3 Å². The monoisotopic (exact) mass is 497 g/mol. The van der Waals surface area contributed by atoms with Gasteiger partial charge in [0.05, 0.1) is 5.69 Å². The number of hydrogen-bond donors (Lipinski definition) is 0. The van der Waals surface area contributed by atoms with Crippen molar-refractivity contribution in [2.45, 2.75) is 44.2 Å². The lowest BCUT2D eigenvalue weighted by Crippen LogP contribution is -2.29. The Morgan fingerprint density at radius 3 is 2.28 bits per heavy atom. The van der Waals surface area contributed by atoms with Crippen LogP contribution in [-0.4, -0.2) is 48.7 Å². The Balaban J connectivity index is 0.00000181. The Morgan fingerprint density at radius 1 is 1.06 bits per heavy atom. The summed E-state index contributed by atoms with van der Waals surface area (Å²) in [6, 6.07) is 11.8. The van der Waals surface area contributed by atoms with E-state index >= 15 is 0 Å². The number of halogens is 2. The Kier molecular flexibility index (Phi) is 8.88. The lowest BCUT2D eigenvalue weighted by molar-refractivity contribution is 0.271. The van der Waals surface area contributed by atoms with Crippen LogP contribution in [0.25, 0.3) is 22.6 Å². The van der Waals surface area contributed by atoms with Crippen LogP contribution in [0.4, 0.5) is 0 Å². The van der Waals surface area contributed by atoms with E-state index in [0.717, 1.165) is 47.4 Å². The maximum Gasteiger partial charge on any atom is 0.226 e. The summed E-state index contributed by atoms with van der Waals surface area (Å²) in [5, 5.41) is 0.0778. The second kappa shape index (κ2) is 10.8. The molecular weight excluding hydrogens is 469 g/mol. The van der Waals surface area contributed by atoms with Gasteiger partial charge in [0.15, 0.2) is 14.9 Å². The van der Waals surface area contributed by atoms with Gasteiger partial charge < -0.3 is 9.32 Å². The Hall–Kier alpha value is -1.93. The molecule has 0 saturated carbocycles. The van der Waals surface area contributed by atoms with E-state index in [1.807, 2.05) is 31.2 Å². The van der Waals surface area contributed by atoms with Crippen molar-refractivity contribution in [2.75, 3.05) is 19.3 Å². The zero-order valence-corrected chi connectivity index (χ0v) is 20.9. The molecule has 0 bridgehead atoms. The zero-order valence-electron chi connectivity index (χ0n) is 18.4. The van der Waals surface area contributed by atoms with Gasteiger partial charge >= 0.3 is 0 Å². The minimum atomic E-state index is -3.29. The lowest BCUT2D eigenvalue weighted by atomic mass is 10.1. The van der Waals surface area contributed by atoms with E-state index in [2.05, 4.69) is 16.8 Å². The fraction of sp³-hybridized carbons (Fsp3) is 0.391. The van der Waals surface area contributed by atoms with Crippen molar-refractivity contribution in [3.63, 3.8) is 0 Å². The number of aryl methyl sites for hydroxylation is 1. The van der Waals surface area contributed by atoms with Crippen LogP contribution in [0.5, 0.6) is 0 Å². The second-order valence-electron chi connectivity index (χ2n) is 8.03. The average molecular weight is 498 g/mol. The molecule has 174 valence electrons. The van der Waals surface area contributed by atoms with Gasteiger partial charge in [-0.05, 0) is 63.1 Å². The Bertz CT molecular complexity index is 1130. The van der Waals surface area contributed by atoms with Crippen LogP contribution < -0.4 is 0 Å². The third-order valence-electron chi connectivity index (χ3n) is 5.80. The van der Waals surface area contributed by atoms with E-state index in [-0.39, 0.29) is 29.8 Å². The molecule has 1 aliphatic heterocycles. The topological polar surface area (TPSA) is 76.3 Å². The van der Waals surface area contributed by atoms with Crippen molar-refractivity contribution in [3.8, 4) is 22.6 Å². The molecule has 1 aliphatic rings. The van der Waals surface area contributed by atoms with E-state index in [1.165, 1.54) is 25.5 Å². The highest BCUT2D eigenvalue weighted by Crippen LogP contribution is 2.27. The van der Waals surface area contributed by atoms with Gasteiger partial charge in [-0.3, -0.25) is 0 Å². The van der Waals surface area contributed by atoms with Crippen molar-refractivity contribution < 1.29 is 12.8 Å². The van der Waals surface area contributed by atoms with Gasteiger partial charge in [0, 0.05) is 42.6 Å². The van der Waals surface area contributed by atoms with Crippen molar-refractivity contribution in [1.82, 2.24) is 14.9 Å². The maximum atomic E-state index is 11.6. The first-order valence-electron chi connectivity index (χ1n) is 10.3. The van der Waals surface area contributed by atoms with Crippen LogP contribution in [0.3, 0.4) is 0 Å². The first-order chi connectivity index (χ1) is 14.3. The molecule has 1 saturated heterocycles. The molecule has 2 aromatic heterocycles. The summed E-state index contributed by atoms with van der Waals surface area (Å²) in [4.78, 5) is 11.3. The molecule has 0 N–H and O–H groups in total. The van der Waals surface area contributed by atoms with Crippen LogP contribution >= 0.6 is 24.8 Å². The van der Waals surface area contributed by atoms with Crippen molar-refractivity contribution >= 4 is 34.7 Å². The molecular formula is C23H29Cl2N3O3S. The summed E-state index contributed by atoms with van der Waals surface area (Å²) in [5.74, 6) is 1.51. The van der Waals surface area contributed by atoms with Crippen LogP contribution in [0.15, 0.2) is 52.0 Å². The summed E-state index contributed by atoms with van der Waals surface area (Å²) in [5.41, 5.74) is 3.76. The molecule has 0 spiro atoms. The molecule has 0 unspecified atom stereocenters. The van der Waals surface area contributed by atoms with Gasteiger partial charge in [0.1, 0.15) is 5.76 Å². The smallest absolute Gasteiger partial charge is 0.226 e. The van der Waals surface area contributed by atoms with Gasteiger partial charge in [-0.25, -0.2) is 18.4 Å². The number of likely N-dealkylation sites (tertiary alicyclic amines) is 1. The Labute approximate surface area is 202 Å². The standard InChI is InChI=1S/C23H27N3O3S.2ClH/c1-16-5-4-13-26(16)14-12-21-17(2)29-23(25-21)19-8-6-18(7-9-19)20-10-11-22(24-15-20)30(3,27)28;;/h6-11,15-16H,4-5,12-14H2,1-3H3;2*1H/t16-;;/m1../s1. The average Bonchev–Trinajstić information content (AvgIpc) is 3.31. The van der Waals surface area contributed by atoms with Crippen LogP contribution in [0.2, 0.25) is 0 Å². The summed E-state index contributed by atoms with van der Waals surface area (Å²) in [7, 11) is -3.29. The zero-order chi connectivity index (χ0) is 21.3. The van der Waals surface area contributed by atoms with E-state index in [4.69, 9.17) is 9.40 Å². The van der Waals surface area contributed by atoms with E-state index in [0.29, 0.717) is 11.9 Å². The maximum absolute atomic E-state index is 11.6. The van der Waals surface area contributed by atoms with E-state index in [9.17, 15) is 8.42 Å². The third kappa shape index (κ3) is 5.90. The van der Waals surface area contributed by atoms with Crippen molar-refractivity contribution in [2.24, 2.45) is 0 Å². The first kappa shape index (κ1) is 26.3. The minimum absolute atomic E-state index is 0. The molecule has 32 heavy (non-hydrogen) atoms. The number of pyridine rings is 1. The lowest BCUT2D eigenvalue weighted by Gasteiger charge is -2.20.